The van der Waals surface area contributed by atoms with Crippen LogP contribution >= 0.6 is 0 Å². The van der Waals surface area contributed by atoms with Crippen LogP contribution in [0.3, 0.4) is 0 Å². The number of benzene rings is 2. The minimum atomic E-state index is -2.86. The van der Waals surface area contributed by atoms with Crippen LogP contribution in [0.2, 0.25) is 0 Å². The third-order valence-corrected chi connectivity index (χ3v) is 8.00. The zero-order chi connectivity index (χ0) is 28.9. The first-order valence-electron chi connectivity index (χ1n) is 14.1. The van der Waals surface area contributed by atoms with Crippen molar-refractivity contribution in [2.24, 2.45) is 0 Å². The van der Waals surface area contributed by atoms with Gasteiger partial charge in [0.05, 0.1) is 18.3 Å². The molecule has 218 valence electrons. The lowest BCUT2D eigenvalue weighted by Gasteiger charge is -2.41. The molecule has 41 heavy (non-hydrogen) atoms. The molecule has 0 bridgehead atoms. The molecule has 2 fully saturated rings. The van der Waals surface area contributed by atoms with Gasteiger partial charge in [0.2, 0.25) is 0 Å². The van der Waals surface area contributed by atoms with Gasteiger partial charge < -0.3 is 29.9 Å². The highest BCUT2D eigenvalue weighted by Crippen LogP contribution is 2.32. The first kappa shape index (κ1) is 28.6. The minimum Gasteiger partial charge on any atom is -0.433 e. The van der Waals surface area contributed by atoms with Crippen LogP contribution < -0.4 is 19.9 Å². The topological polar surface area (TPSA) is 81.2 Å². The van der Waals surface area contributed by atoms with Crippen molar-refractivity contribution in [3.8, 4) is 5.75 Å². The molecular formula is C31H37F2N5O3. The fourth-order valence-electron chi connectivity index (χ4n) is 5.83. The molecule has 1 aromatic heterocycles. The average molecular weight is 566 g/mol. The second-order valence-electron chi connectivity index (χ2n) is 10.7. The summed E-state index contributed by atoms with van der Waals surface area (Å²) in [6.45, 7) is 3.98. The number of piperidine rings is 1. The van der Waals surface area contributed by atoms with Crippen LogP contribution in [0.4, 0.5) is 26.0 Å². The van der Waals surface area contributed by atoms with E-state index < -0.39 is 6.61 Å². The van der Waals surface area contributed by atoms with Crippen LogP contribution in [0.1, 0.15) is 34.3 Å². The Morgan fingerprint density at radius 3 is 2.51 bits per heavy atom. The molecule has 8 nitrogen and oxygen atoms in total. The number of nitrogens with zero attached hydrogens (tertiary/aromatic N) is 4. The number of carbonyl (C=O) groups excluding carboxylic acids is 1. The molecule has 3 heterocycles. The van der Waals surface area contributed by atoms with E-state index in [1.165, 1.54) is 0 Å². The molecule has 2 aromatic carbocycles. The standard InChI is InChI=1S/C31H37F2N5O3/c1-21-17-22(2)26(35-23-10-13-36(14-11-23)27-7-3-4-8-28(27)41-31(32)33)18-25(21)30(40)37-15-16-38(24(19-37)20-39)29-9-5-6-12-34-29/h3-9,12,17-18,23-24,31,35,39H,10-11,13-16,19-20H2,1-2H3/t24-/m0/s1. The Kier molecular flexibility index (Phi) is 8.87. The quantitative estimate of drug-likeness (QED) is 0.410. The monoisotopic (exact) mass is 565 g/mol. The van der Waals surface area contributed by atoms with Gasteiger partial charge in [-0.05, 0) is 68.1 Å². The van der Waals surface area contributed by atoms with Gasteiger partial charge in [-0.2, -0.15) is 8.78 Å². The molecule has 2 saturated heterocycles. The molecule has 2 aliphatic heterocycles. The van der Waals surface area contributed by atoms with E-state index >= 15 is 0 Å². The number of alkyl halides is 2. The van der Waals surface area contributed by atoms with Gasteiger partial charge in [0.15, 0.2) is 0 Å². The molecule has 0 radical (unpaired) electrons. The average Bonchev–Trinajstić information content (AvgIpc) is 2.99. The van der Waals surface area contributed by atoms with E-state index in [0.29, 0.717) is 44.0 Å². The number of para-hydroxylation sites is 2. The summed E-state index contributed by atoms with van der Waals surface area (Å²) in [5.41, 5.74) is 4.22. The summed E-state index contributed by atoms with van der Waals surface area (Å²) in [7, 11) is 0. The highest BCUT2D eigenvalue weighted by atomic mass is 19.3. The van der Waals surface area contributed by atoms with Gasteiger partial charge in [-0.1, -0.05) is 24.3 Å². The van der Waals surface area contributed by atoms with Crippen LogP contribution in [0.15, 0.2) is 60.8 Å². The zero-order valence-corrected chi connectivity index (χ0v) is 23.5. The Labute approximate surface area is 239 Å². The van der Waals surface area contributed by atoms with Crippen molar-refractivity contribution in [3.05, 3.63) is 77.5 Å². The maximum absolute atomic E-state index is 13.7. The molecular weight excluding hydrogens is 528 g/mol. The lowest BCUT2D eigenvalue weighted by molar-refractivity contribution is -0.0495. The predicted molar refractivity (Wildman–Crippen MR) is 156 cm³/mol. The molecule has 2 aliphatic rings. The van der Waals surface area contributed by atoms with Crippen LogP contribution in [0.25, 0.3) is 0 Å². The highest BCUT2D eigenvalue weighted by molar-refractivity contribution is 5.97. The number of carbonyl (C=O) groups is 1. The lowest BCUT2D eigenvalue weighted by atomic mass is 9.99. The zero-order valence-electron chi connectivity index (χ0n) is 23.5. The smallest absolute Gasteiger partial charge is 0.387 e. The van der Waals surface area contributed by atoms with Crippen molar-refractivity contribution in [2.75, 3.05) is 54.4 Å². The fraction of sp³-hybridized carbons (Fsp3) is 0.419. The maximum atomic E-state index is 13.7. The number of hydrogen-bond acceptors (Lipinski definition) is 7. The van der Waals surface area contributed by atoms with Crippen LogP contribution in [-0.2, 0) is 0 Å². The van der Waals surface area contributed by atoms with E-state index in [0.717, 1.165) is 35.5 Å². The molecule has 0 spiro atoms. The van der Waals surface area contributed by atoms with Gasteiger partial charge >= 0.3 is 6.61 Å². The number of nitrogens with one attached hydrogen (secondary N) is 1. The maximum Gasteiger partial charge on any atom is 0.387 e. The molecule has 3 aromatic rings. The molecule has 0 aliphatic carbocycles. The van der Waals surface area contributed by atoms with Gasteiger partial charge in [-0.3, -0.25) is 4.79 Å². The van der Waals surface area contributed by atoms with Crippen LogP contribution in [-0.4, -0.2) is 78.9 Å². The Bertz CT molecular complexity index is 1330. The normalized spacial score (nSPS) is 18.1. The Hall–Kier alpha value is -3.92. The number of hydrogen-bond donors (Lipinski definition) is 2. The SMILES string of the molecule is Cc1cc(C)c(C(=O)N2CCN(c3ccccn3)[C@H](CO)C2)cc1NC1CCN(c2ccccc2OC(F)F)CC1. The minimum absolute atomic E-state index is 0.0462. The Morgan fingerprint density at radius 1 is 1.05 bits per heavy atom. The number of amides is 1. The van der Waals surface area contributed by atoms with Crippen molar-refractivity contribution < 1.29 is 23.4 Å². The molecule has 0 saturated carbocycles. The van der Waals surface area contributed by atoms with Crippen LogP contribution in [0, 0.1) is 13.8 Å². The van der Waals surface area contributed by atoms with Gasteiger partial charge in [-0.25, -0.2) is 4.98 Å². The van der Waals surface area contributed by atoms with E-state index in [2.05, 4.69) is 20.1 Å². The predicted octanol–water partition coefficient (Wildman–Crippen LogP) is 4.70. The van der Waals surface area contributed by atoms with Gasteiger partial charge in [-0.15, -0.1) is 0 Å². The second-order valence-corrected chi connectivity index (χ2v) is 10.7. The lowest BCUT2D eigenvalue weighted by Crippen LogP contribution is -2.56. The van der Waals surface area contributed by atoms with E-state index in [-0.39, 0.29) is 30.3 Å². The molecule has 1 atom stereocenters. The van der Waals surface area contributed by atoms with E-state index in [9.17, 15) is 18.7 Å². The number of aliphatic hydroxyl groups excluding tert-OH is 1. The van der Waals surface area contributed by atoms with E-state index in [1.807, 2.05) is 61.2 Å². The molecule has 10 heteroatoms. The summed E-state index contributed by atoms with van der Waals surface area (Å²) in [6.07, 6.45) is 3.36. The van der Waals surface area contributed by atoms with Crippen molar-refractivity contribution in [1.29, 1.82) is 0 Å². The largest absolute Gasteiger partial charge is 0.433 e. The van der Waals surface area contributed by atoms with Gasteiger partial charge in [0.1, 0.15) is 11.6 Å². The number of anilines is 3. The van der Waals surface area contributed by atoms with Crippen molar-refractivity contribution >= 4 is 23.1 Å². The summed E-state index contributed by atoms with van der Waals surface area (Å²) in [4.78, 5) is 24.1. The number of rotatable bonds is 8. The molecule has 0 unspecified atom stereocenters. The van der Waals surface area contributed by atoms with Crippen molar-refractivity contribution in [1.82, 2.24) is 9.88 Å². The number of aliphatic hydroxyl groups is 1. The summed E-state index contributed by atoms with van der Waals surface area (Å²) in [5.74, 6) is 0.943. The summed E-state index contributed by atoms with van der Waals surface area (Å²) in [6, 6.07) is 16.5. The van der Waals surface area contributed by atoms with Gasteiger partial charge in [0, 0.05) is 56.2 Å². The Morgan fingerprint density at radius 2 is 1.80 bits per heavy atom. The third-order valence-electron chi connectivity index (χ3n) is 8.00. The Balaban J connectivity index is 1.24. The first-order chi connectivity index (χ1) is 19.8. The van der Waals surface area contributed by atoms with Crippen molar-refractivity contribution in [2.45, 2.75) is 45.4 Å². The first-order valence-corrected chi connectivity index (χ1v) is 14.1. The molecule has 1 amide bonds. The molecule has 5 rings (SSSR count). The second kappa shape index (κ2) is 12.7. The number of piperazine rings is 1. The van der Waals surface area contributed by atoms with E-state index in [1.54, 1.807) is 18.3 Å². The van der Waals surface area contributed by atoms with Crippen LogP contribution in [0.5, 0.6) is 5.75 Å². The number of aryl methyl sites for hydroxylation is 2. The number of aromatic nitrogens is 1. The number of pyridine rings is 1. The van der Waals surface area contributed by atoms with Crippen molar-refractivity contribution in [3.63, 3.8) is 0 Å². The molecule has 2 N–H and O–H groups in total. The summed E-state index contributed by atoms with van der Waals surface area (Å²) in [5, 5.41) is 13.7. The van der Waals surface area contributed by atoms with Gasteiger partial charge in [0.25, 0.3) is 5.91 Å². The summed E-state index contributed by atoms with van der Waals surface area (Å²) < 4.78 is 30.5. The summed E-state index contributed by atoms with van der Waals surface area (Å²) >= 11 is 0. The highest BCUT2D eigenvalue weighted by Gasteiger charge is 2.31. The van der Waals surface area contributed by atoms with E-state index in [4.69, 9.17) is 4.74 Å². The number of ether oxygens (including phenoxy) is 1. The fourth-order valence-corrected chi connectivity index (χ4v) is 5.83. The third kappa shape index (κ3) is 6.53. The number of halogens is 2.